The molecule has 1 aromatic rings. The predicted octanol–water partition coefficient (Wildman–Crippen LogP) is 2.54. The Labute approximate surface area is 134 Å². The molecule has 0 fully saturated rings. The van der Waals surface area contributed by atoms with Crippen LogP contribution in [0.2, 0.25) is 0 Å². The Hall–Kier alpha value is -1.89. The van der Waals surface area contributed by atoms with Crippen molar-refractivity contribution in [1.29, 1.82) is 0 Å². The summed E-state index contributed by atoms with van der Waals surface area (Å²) in [5, 5.41) is 9.33. The number of carboxylic acids is 1. The number of carbonyl (C=O) groups is 2. The van der Waals surface area contributed by atoms with Crippen LogP contribution in [-0.2, 0) is 29.8 Å². The van der Waals surface area contributed by atoms with Crippen LogP contribution in [0.15, 0.2) is 30.3 Å². The summed E-state index contributed by atoms with van der Waals surface area (Å²) in [5.41, 5.74) is 0.741. The van der Waals surface area contributed by atoms with Gasteiger partial charge in [0.15, 0.2) is 0 Å². The molecule has 0 aromatic heterocycles. The van der Waals surface area contributed by atoms with E-state index in [1.54, 1.807) is 24.3 Å². The van der Waals surface area contributed by atoms with Gasteiger partial charge in [0, 0.05) is 20.8 Å². The van der Waals surface area contributed by atoms with Gasteiger partial charge in [0.25, 0.3) is 0 Å². The normalized spacial score (nSPS) is 12.5. The van der Waals surface area contributed by atoms with Gasteiger partial charge in [-0.2, -0.15) is 0 Å². The number of ether oxygens (including phenoxy) is 1. The highest BCUT2D eigenvalue weighted by molar-refractivity contribution is 7.55. The first kappa shape index (κ1) is 19.2. The smallest absolute Gasteiger partial charge is 0.411 e. The van der Waals surface area contributed by atoms with E-state index in [0.717, 1.165) is 24.7 Å². The van der Waals surface area contributed by atoms with Crippen LogP contribution in [0.5, 0.6) is 0 Å². The third-order valence-electron chi connectivity index (χ3n) is 3.10. The maximum atomic E-state index is 12.4. The van der Waals surface area contributed by atoms with Gasteiger partial charge >= 0.3 is 19.7 Å². The van der Waals surface area contributed by atoms with E-state index in [4.69, 9.17) is 13.8 Å². The van der Waals surface area contributed by atoms with Crippen molar-refractivity contribution >= 4 is 19.7 Å². The Morgan fingerprint density at radius 1 is 1.22 bits per heavy atom. The first-order valence-electron chi connectivity index (χ1n) is 6.81. The Balaban J connectivity index is 2.92. The highest BCUT2D eigenvalue weighted by atomic mass is 31.2. The third kappa shape index (κ3) is 4.79. The van der Waals surface area contributed by atoms with Gasteiger partial charge in [0.2, 0.25) is 5.78 Å². The lowest BCUT2D eigenvalue weighted by molar-refractivity contribution is -0.140. The lowest BCUT2D eigenvalue weighted by atomic mass is 10.2. The van der Waals surface area contributed by atoms with Gasteiger partial charge in [-0.05, 0) is 12.5 Å². The summed E-state index contributed by atoms with van der Waals surface area (Å²) >= 11 is 0. The fraction of sp³-hybridized carbons (Fsp3) is 0.429. The summed E-state index contributed by atoms with van der Waals surface area (Å²) in [6, 6.07) is 8.90. The molecule has 9 heteroatoms. The lowest BCUT2D eigenvalue weighted by Gasteiger charge is -2.30. The predicted molar refractivity (Wildman–Crippen MR) is 82.1 cm³/mol. The van der Waals surface area contributed by atoms with Gasteiger partial charge < -0.3 is 18.9 Å². The molecule has 128 valence electrons. The standard InChI is InChI=1S/C14H20NO7P/c1-4-15(12(13(16)17)23(19,20-2)21-3)14(18)22-10-11-8-6-5-7-9-11/h5-9,12H,4,10H2,1-3H3,(H,16,17). The number of aliphatic carboxylic acids is 1. The summed E-state index contributed by atoms with van der Waals surface area (Å²) in [6.45, 7) is 1.46. The number of rotatable bonds is 8. The molecular weight excluding hydrogens is 325 g/mol. The molecule has 1 N–H and O–H groups in total. The molecule has 23 heavy (non-hydrogen) atoms. The zero-order valence-corrected chi connectivity index (χ0v) is 14.1. The molecule has 0 aliphatic rings. The number of nitrogens with zero attached hydrogens (tertiary/aromatic N) is 1. The van der Waals surface area contributed by atoms with Crippen LogP contribution in [0, 0.1) is 0 Å². The summed E-state index contributed by atoms with van der Waals surface area (Å²) in [7, 11) is -1.93. The zero-order valence-electron chi connectivity index (χ0n) is 13.2. The number of hydrogen-bond donors (Lipinski definition) is 1. The molecule has 0 saturated heterocycles. The second-order valence-electron chi connectivity index (χ2n) is 4.44. The summed E-state index contributed by atoms with van der Waals surface area (Å²) < 4.78 is 26.9. The molecule has 1 rings (SSSR count). The zero-order chi connectivity index (χ0) is 17.5. The average Bonchev–Trinajstić information content (AvgIpc) is 2.57. The molecule has 1 unspecified atom stereocenters. The minimum atomic E-state index is -4.04. The van der Waals surface area contributed by atoms with Gasteiger partial charge in [0.1, 0.15) is 6.61 Å². The fourth-order valence-corrected chi connectivity index (χ4v) is 3.34. The van der Waals surface area contributed by atoms with Crippen LogP contribution >= 0.6 is 7.60 Å². The molecule has 0 radical (unpaired) electrons. The van der Waals surface area contributed by atoms with Crippen molar-refractivity contribution in [1.82, 2.24) is 4.90 Å². The van der Waals surface area contributed by atoms with Crippen molar-refractivity contribution < 1.29 is 33.0 Å². The Bertz CT molecular complexity index is 570. The van der Waals surface area contributed by atoms with Gasteiger partial charge in [-0.1, -0.05) is 30.3 Å². The number of carbonyl (C=O) groups excluding carboxylic acids is 1. The molecule has 1 atom stereocenters. The first-order valence-corrected chi connectivity index (χ1v) is 8.42. The number of likely N-dealkylation sites (N-methyl/N-ethyl adjacent to an activating group) is 1. The molecule has 0 spiro atoms. The van der Waals surface area contributed by atoms with E-state index >= 15 is 0 Å². The molecule has 0 bridgehead atoms. The van der Waals surface area contributed by atoms with Crippen molar-refractivity contribution in [3.8, 4) is 0 Å². The maximum absolute atomic E-state index is 12.4. The second-order valence-corrected chi connectivity index (χ2v) is 6.74. The molecule has 0 heterocycles. The van der Waals surface area contributed by atoms with Crippen LogP contribution in [-0.4, -0.2) is 48.6 Å². The van der Waals surface area contributed by atoms with Crippen molar-refractivity contribution in [2.75, 3.05) is 20.8 Å². The largest absolute Gasteiger partial charge is 0.479 e. The minimum Gasteiger partial charge on any atom is -0.479 e. The molecule has 1 amide bonds. The van der Waals surface area contributed by atoms with Gasteiger partial charge in [-0.3, -0.25) is 9.46 Å². The first-order chi connectivity index (χ1) is 10.9. The van der Waals surface area contributed by atoms with Gasteiger partial charge in [-0.25, -0.2) is 9.59 Å². The quantitative estimate of drug-likeness (QED) is 0.722. The Morgan fingerprint density at radius 3 is 2.22 bits per heavy atom. The van der Waals surface area contributed by atoms with E-state index < -0.39 is 25.4 Å². The van der Waals surface area contributed by atoms with Crippen molar-refractivity contribution in [2.45, 2.75) is 19.3 Å². The average molecular weight is 345 g/mol. The molecule has 8 nitrogen and oxygen atoms in total. The molecule has 0 aliphatic carbocycles. The number of hydrogen-bond acceptors (Lipinski definition) is 6. The van der Waals surface area contributed by atoms with Crippen molar-refractivity contribution in [3.05, 3.63) is 35.9 Å². The molecule has 0 aliphatic heterocycles. The van der Waals surface area contributed by atoms with E-state index in [1.807, 2.05) is 6.07 Å². The number of benzene rings is 1. The molecule has 0 saturated carbocycles. The summed E-state index contributed by atoms with van der Waals surface area (Å²) in [4.78, 5) is 24.4. The Kier molecular flexibility index (Phi) is 7.22. The van der Waals surface area contributed by atoms with Crippen LogP contribution in [0.25, 0.3) is 0 Å². The van der Waals surface area contributed by atoms with Gasteiger partial charge in [-0.15, -0.1) is 0 Å². The maximum Gasteiger partial charge on any atom is 0.411 e. The highest BCUT2D eigenvalue weighted by Gasteiger charge is 2.46. The number of carboxylic acid groups (broad SMARTS) is 1. The van der Waals surface area contributed by atoms with Crippen molar-refractivity contribution in [2.24, 2.45) is 0 Å². The van der Waals surface area contributed by atoms with Crippen LogP contribution in [0.4, 0.5) is 4.79 Å². The second kappa shape index (κ2) is 8.67. The third-order valence-corrected chi connectivity index (χ3v) is 5.22. The summed E-state index contributed by atoms with van der Waals surface area (Å²) in [6.07, 6.45) is -0.918. The van der Waals surface area contributed by atoms with Gasteiger partial charge in [0.05, 0.1) is 0 Å². The van der Waals surface area contributed by atoms with E-state index in [1.165, 1.54) is 6.92 Å². The molecule has 1 aromatic carbocycles. The van der Waals surface area contributed by atoms with E-state index in [0.29, 0.717) is 0 Å². The van der Waals surface area contributed by atoms with E-state index in [9.17, 15) is 19.3 Å². The van der Waals surface area contributed by atoms with Crippen LogP contribution in [0.1, 0.15) is 12.5 Å². The van der Waals surface area contributed by atoms with Crippen LogP contribution in [0.3, 0.4) is 0 Å². The monoisotopic (exact) mass is 345 g/mol. The Morgan fingerprint density at radius 2 is 1.78 bits per heavy atom. The number of amides is 1. The summed E-state index contributed by atoms with van der Waals surface area (Å²) in [5.74, 6) is -3.29. The SMILES string of the molecule is CCN(C(=O)OCc1ccccc1)C(C(=O)O)P(=O)(OC)OC. The van der Waals surface area contributed by atoms with Crippen LogP contribution < -0.4 is 0 Å². The fourth-order valence-electron chi connectivity index (χ4n) is 1.92. The minimum absolute atomic E-state index is 0.0349. The highest BCUT2D eigenvalue weighted by Crippen LogP contribution is 2.53. The lowest BCUT2D eigenvalue weighted by Crippen LogP contribution is -2.45. The van der Waals surface area contributed by atoms with Crippen molar-refractivity contribution in [3.63, 3.8) is 0 Å². The van der Waals surface area contributed by atoms with E-state index in [2.05, 4.69) is 0 Å². The van der Waals surface area contributed by atoms with E-state index in [-0.39, 0.29) is 13.2 Å². The topological polar surface area (TPSA) is 102 Å². The molecular formula is C14H20NO7P.